The molecular weight excluding hydrogens is 286 g/mol. The van der Waals surface area contributed by atoms with Gasteiger partial charge >= 0.3 is 0 Å². The minimum Gasteiger partial charge on any atom is -0.276 e. The molecule has 1 atom stereocenters. The van der Waals surface area contributed by atoms with Crippen molar-refractivity contribution in [2.45, 2.75) is 33.4 Å². The van der Waals surface area contributed by atoms with Crippen molar-refractivity contribution < 1.29 is 8.78 Å². The van der Waals surface area contributed by atoms with Gasteiger partial charge in [0.1, 0.15) is 17.0 Å². The highest BCUT2D eigenvalue weighted by atomic mass is 35.5. The maximum absolute atomic E-state index is 12.4. The second-order valence-electron chi connectivity index (χ2n) is 4.20. The summed E-state index contributed by atoms with van der Waals surface area (Å²) in [7, 11) is 1.60. The summed E-state index contributed by atoms with van der Waals surface area (Å²) < 4.78 is 24.8. The number of alkyl halides is 2. The number of hydrogen-bond acceptors (Lipinski definition) is 4. The van der Waals surface area contributed by atoms with Crippen molar-refractivity contribution in [2.75, 3.05) is 7.05 Å². The highest BCUT2D eigenvalue weighted by Gasteiger charge is 2.14. The molecule has 1 aliphatic rings. The van der Waals surface area contributed by atoms with Crippen LogP contribution in [0.3, 0.4) is 0 Å². The van der Waals surface area contributed by atoms with E-state index in [1.54, 1.807) is 32.2 Å². The van der Waals surface area contributed by atoms with E-state index in [1.165, 1.54) is 11.9 Å². The van der Waals surface area contributed by atoms with Gasteiger partial charge in [-0.05, 0) is 32.9 Å². The van der Waals surface area contributed by atoms with Gasteiger partial charge in [0.05, 0.1) is 11.4 Å². The van der Waals surface area contributed by atoms with Crippen LogP contribution in [0.25, 0.3) is 0 Å². The third kappa shape index (κ3) is 4.52. The van der Waals surface area contributed by atoms with E-state index in [0.29, 0.717) is 16.6 Å². The molecule has 0 saturated heterocycles. The Bertz CT molecular complexity index is 507. The number of dihydropyridines is 1. The van der Waals surface area contributed by atoms with Crippen molar-refractivity contribution in [3.05, 3.63) is 23.9 Å². The Hall–Kier alpha value is -1.56. The third-order valence-electron chi connectivity index (χ3n) is 2.64. The highest BCUT2D eigenvalue weighted by molar-refractivity contribution is 6.69. The molecule has 1 heterocycles. The van der Waals surface area contributed by atoms with Gasteiger partial charge in [-0.2, -0.15) is 5.10 Å². The summed E-state index contributed by atoms with van der Waals surface area (Å²) in [6, 6.07) is 0. The highest BCUT2D eigenvalue weighted by Crippen LogP contribution is 2.13. The van der Waals surface area contributed by atoms with Gasteiger partial charge in [-0.1, -0.05) is 17.7 Å². The molecule has 1 aliphatic heterocycles. The monoisotopic (exact) mass is 302 g/mol. The van der Waals surface area contributed by atoms with E-state index in [0.717, 1.165) is 0 Å². The van der Waals surface area contributed by atoms with Crippen LogP contribution >= 0.6 is 11.6 Å². The quantitative estimate of drug-likeness (QED) is 0.579. The Balaban J connectivity index is 2.89. The molecule has 1 rings (SSSR count). The van der Waals surface area contributed by atoms with Crippen LogP contribution in [0.1, 0.15) is 20.8 Å². The molecule has 0 aromatic heterocycles. The number of aliphatic imine (C=N–C) groups is 2. The number of hydrazone groups is 1. The SMILES string of the molecule is C/C=C1/N=C(Cl)C=C/C1=N/C(C)N(C)/N=C(\C)C(F)F. The first kappa shape index (κ1) is 16.5. The average Bonchev–Trinajstić information content (AvgIpc) is 2.40. The zero-order chi connectivity index (χ0) is 15.3. The molecule has 7 heteroatoms. The summed E-state index contributed by atoms with van der Waals surface area (Å²) in [4.78, 5) is 8.54. The van der Waals surface area contributed by atoms with Gasteiger partial charge in [0.2, 0.25) is 0 Å². The first-order chi connectivity index (χ1) is 9.35. The van der Waals surface area contributed by atoms with Crippen LogP contribution in [0.15, 0.2) is 39.0 Å². The van der Waals surface area contributed by atoms with E-state index >= 15 is 0 Å². The molecular formula is C13H17ClF2N4. The van der Waals surface area contributed by atoms with Gasteiger partial charge in [0.25, 0.3) is 6.43 Å². The van der Waals surface area contributed by atoms with Gasteiger partial charge < -0.3 is 0 Å². The summed E-state index contributed by atoms with van der Waals surface area (Å²) in [6.07, 6.45) is 2.18. The van der Waals surface area contributed by atoms with Crippen molar-refractivity contribution in [3.63, 3.8) is 0 Å². The fraction of sp³-hybridized carbons (Fsp3) is 0.462. The summed E-state index contributed by atoms with van der Waals surface area (Å²) in [5.74, 6) is 0. The fourth-order valence-electron chi connectivity index (χ4n) is 1.43. The Morgan fingerprint density at radius 2 is 2.10 bits per heavy atom. The lowest BCUT2D eigenvalue weighted by Crippen LogP contribution is -2.26. The maximum Gasteiger partial charge on any atom is 0.278 e. The van der Waals surface area contributed by atoms with E-state index in [9.17, 15) is 8.78 Å². The Morgan fingerprint density at radius 3 is 2.65 bits per heavy atom. The standard InChI is InChI=1S/C13H17ClF2N4/c1-5-10-11(6-7-12(14)18-10)17-9(3)20(4)19-8(2)13(15)16/h5-7,9,13H,1-4H3/b10-5+,17-11-,19-8+. The summed E-state index contributed by atoms with van der Waals surface area (Å²) >= 11 is 5.81. The van der Waals surface area contributed by atoms with Crippen LogP contribution < -0.4 is 0 Å². The average molecular weight is 303 g/mol. The number of hydrogen-bond donors (Lipinski definition) is 0. The predicted molar refractivity (Wildman–Crippen MR) is 80.0 cm³/mol. The molecule has 20 heavy (non-hydrogen) atoms. The second kappa shape index (κ2) is 7.28. The molecule has 0 aromatic rings. The van der Waals surface area contributed by atoms with Crippen molar-refractivity contribution in [2.24, 2.45) is 15.1 Å². The molecule has 0 amide bonds. The predicted octanol–water partition coefficient (Wildman–Crippen LogP) is 3.46. The molecule has 0 spiro atoms. The Labute approximate surface area is 122 Å². The van der Waals surface area contributed by atoms with Crippen molar-refractivity contribution in [1.82, 2.24) is 5.01 Å². The smallest absolute Gasteiger partial charge is 0.276 e. The van der Waals surface area contributed by atoms with Crippen LogP contribution in [-0.2, 0) is 0 Å². The maximum atomic E-state index is 12.4. The minimum absolute atomic E-state index is 0.244. The molecule has 0 saturated carbocycles. The van der Waals surface area contributed by atoms with Crippen molar-refractivity contribution >= 4 is 28.2 Å². The first-order valence-corrected chi connectivity index (χ1v) is 6.45. The minimum atomic E-state index is -2.57. The number of rotatable bonds is 4. The van der Waals surface area contributed by atoms with Crippen LogP contribution in [-0.4, -0.2) is 41.2 Å². The molecule has 0 radical (unpaired) electrons. The zero-order valence-corrected chi connectivity index (χ0v) is 12.6. The summed E-state index contributed by atoms with van der Waals surface area (Å²) in [5.41, 5.74) is 1.04. The molecule has 0 aromatic carbocycles. The van der Waals surface area contributed by atoms with Gasteiger partial charge in [-0.3, -0.25) is 10.0 Å². The van der Waals surface area contributed by atoms with Crippen LogP contribution in [0.4, 0.5) is 8.78 Å². The van der Waals surface area contributed by atoms with E-state index in [1.807, 2.05) is 6.92 Å². The van der Waals surface area contributed by atoms with Gasteiger partial charge in [0.15, 0.2) is 0 Å². The van der Waals surface area contributed by atoms with E-state index < -0.39 is 12.6 Å². The van der Waals surface area contributed by atoms with Crippen molar-refractivity contribution in [1.29, 1.82) is 0 Å². The van der Waals surface area contributed by atoms with Crippen LogP contribution in [0.2, 0.25) is 0 Å². The number of nitrogens with zero attached hydrogens (tertiary/aromatic N) is 4. The second-order valence-corrected chi connectivity index (χ2v) is 4.59. The van der Waals surface area contributed by atoms with E-state index in [2.05, 4.69) is 15.1 Å². The molecule has 0 aliphatic carbocycles. The summed E-state index contributed by atoms with van der Waals surface area (Å²) in [5, 5.41) is 5.56. The van der Waals surface area contributed by atoms with Crippen LogP contribution in [0.5, 0.6) is 0 Å². The van der Waals surface area contributed by atoms with E-state index in [4.69, 9.17) is 11.6 Å². The third-order valence-corrected chi connectivity index (χ3v) is 2.85. The topological polar surface area (TPSA) is 40.3 Å². The molecule has 4 nitrogen and oxygen atoms in total. The summed E-state index contributed by atoms with van der Waals surface area (Å²) in [6.45, 7) is 4.87. The molecule has 1 unspecified atom stereocenters. The van der Waals surface area contributed by atoms with Gasteiger partial charge in [0, 0.05) is 7.05 Å². The molecule has 0 bridgehead atoms. The first-order valence-electron chi connectivity index (χ1n) is 6.08. The van der Waals surface area contributed by atoms with E-state index in [-0.39, 0.29) is 5.71 Å². The largest absolute Gasteiger partial charge is 0.278 e. The molecule has 0 N–H and O–H groups in total. The van der Waals surface area contributed by atoms with Gasteiger partial charge in [-0.25, -0.2) is 13.8 Å². The van der Waals surface area contributed by atoms with Crippen molar-refractivity contribution in [3.8, 4) is 0 Å². The number of allylic oxidation sites excluding steroid dienone is 3. The Kier molecular flexibility index (Phi) is 6.01. The Morgan fingerprint density at radius 1 is 1.45 bits per heavy atom. The number of halogens is 3. The molecule has 0 fully saturated rings. The lowest BCUT2D eigenvalue weighted by atomic mass is 10.2. The fourth-order valence-corrected chi connectivity index (χ4v) is 1.58. The van der Waals surface area contributed by atoms with Crippen LogP contribution in [0, 0.1) is 0 Å². The zero-order valence-electron chi connectivity index (χ0n) is 11.8. The molecule has 110 valence electrons. The lowest BCUT2D eigenvalue weighted by molar-refractivity contribution is 0.213. The normalized spacial score (nSPS) is 21.6. The van der Waals surface area contributed by atoms with Gasteiger partial charge in [-0.15, -0.1) is 0 Å². The lowest BCUT2D eigenvalue weighted by Gasteiger charge is -2.20.